The molecule has 4 rings (SSSR count). The molecule has 1 heterocycles. The molecule has 1 fully saturated rings. The van der Waals surface area contributed by atoms with Crippen LogP contribution in [-0.4, -0.2) is 74.7 Å². The fourth-order valence-electron chi connectivity index (χ4n) is 5.92. The van der Waals surface area contributed by atoms with Crippen LogP contribution in [0.3, 0.4) is 0 Å². The quantitative estimate of drug-likeness (QED) is 0.147. The van der Waals surface area contributed by atoms with Gasteiger partial charge in [0.1, 0.15) is 23.7 Å². The maximum Gasteiger partial charge on any atom is 0.305 e. The van der Waals surface area contributed by atoms with Gasteiger partial charge in [0.2, 0.25) is 0 Å². The van der Waals surface area contributed by atoms with E-state index in [4.69, 9.17) is 23.4 Å². The molecule has 5 atom stereocenters. The van der Waals surface area contributed by atoms with Crippen LogP contribution in [0.1, 0.15) is 46.1 Å². The first kappa shape index (κ1) is 35.9. The molecule has 0 radical (unpaired) electrons. The molecule has 0 bridgehead atoms. The summed E-state index contributed by atoms with van der Waals surface area (Å²) in [7, 11) is -1.58. The molecule has 248 valence electrons. The average Bonchev–Trinajstić information content (AvgIpc) is 3.05. The number of ether oxygens (including phenoxy) is 4. The highest BCUT2D eigenvalue weighted by atomic mass is 32.2. The highest BCUT2D eigenvalue weighted by molar-refractivity contribution is 7.99. The summed E-state index contributed by atoms with van der Waals surface area (Å²) < 4.78 is 30.6. The van der Waals surface area contributed by atoms with E-state index in [-0.39, 0.29) is 30.6 Å². The number of thioether (sulfide) groups is 1. The largest absolute Gasteiger partial charge is 0.469 e. The molecule has 3 aromatic carbocycles. The smallest absolute Gasteiger partial charge is 0.305 e. The number of carbonyl (C=O) groups excluding carboxylic acids is 2. The molecule has 1 N–H and O–H groups in total. The maximum absolute atomic E-state index is 12.3. The minimum Gasteiger partial charge on any atom is -0.469 e. The van der Waals surface area contributed by atoms with Gasteiger partial charge in [0.15, 0.2) is 6.10 Å². The molecule has 46 heavy (non-hydrogen) atoms. The molecular formula is C36H46O8SSi. The molecular weight excluding hydrogens is 621 g/mol. The summed E-state index contributed by atoms with van der Waals surface area (Å²) in [5.74, 6) is -0.254. The van der Waals surface area contributed by atoms with Crippen LogP contribution in [0, 0.1) is 0 Å². The Morgan fingerprint density at radius 1 is 0.891 bits per heavy atom. The van der Waals surface area contributed by atoms with E-state index in [0.29, 0.717) is 12.2 Å². The third-order valence-electron chi connectivity index (χ3n) is 8.12. The van der Waals surface area contributed by atoms with Gasteiger partial charge < -0.3 is 28.5 Å². The minimum atomic E-state index is -2.94. The summed E-state index contributed by atoms with van der Waals surface area (Å²) in [6.45, 7) is 8.21. The van der Waals surface area contributed by atoms with Gasteiger partial charge in [-0.2, -0.15) is 0 Å². The number of esters is 2. The van der Waals surface area contributed by atoms with Gasteiger partial charge >= 0.3 is 11.9 Å². The van der Waals surface area contributed by atoms with E-state index in [0.717, 1.165) is 15.9 Å². The van der Waals surface area contributed by atoms with Gasteiger partial charge in [0, 0.05) is 13.3 Å². The third kappa shape index (κ3) is 8.87. The van der Waals surface area contributed by atoms with E-state index in [2.05, 4.69) is 45.0 Å². The SMILES string of the molecule is COC(=O)CCCS[C@@H]1O[C@H](CO[Si](c2ccccc2)(c2ccccc2)C(C)(C)C)[C@H](O)[C@H](OCc2ccccc2)[C@H]1OC(C)=O. The van der Waals surface area contributed by atoms with Crippen molar-refractivity contribution in [3.05, 3.63) is 96.6 Å². The predicted octanol–water partition coefficient (Wildman–Crippen LogP) is 4.85. The zero-order valence-electron chi connectivity index (χ0n) is 27.3. The molecule has 0 spiro atoms. The van der Waals surface area contributed by atoms with E-state index in [1.54, 1.807) is 0 Å². The topological polar surface area (TPSA) is 101 Å². The zero-order valence-corrected chi connectivity index (χ0v) is 29.1. The second-order valence-electron chi connectivity index (χ2n) is 12.4. The highest BCUT2D eigenvalue weighted by Gasteiger charge is 2.53. The van der Waals surface area contributed by atoms with Crippen molar-refractivity contribution in [3.8, 4) is 0 Å². The molecule has 1 aliphatic heterocycles. The van der Waals surface area contributed by atoms with Gasteiger partial charge in [0.25, 0.3) is 8.32 Å². The summed E-state index contributed by atoms with van der Waals surface area (Å²) in [4.78, 5) is 24.0. The number of benzene rings is 3. The van der Waals surface area contributed by atoms with Crippen LogP contribution in [0.25, 0.3) is 0 Å². The van der Waals surface area contributed by atoms with Crippen molar-refractivity contribution in [2.45, 2.75) is 82.0 Å². The summed E-state index contributed by atoms with van der Waals surface area (Å²) in [5.41, 5.74) is 0.253. The standard InChI is InChI=1S/C36H46O8SSi/c1-26(37)43-34-33(41-24-27-16-9-6-10-17-27)32(39)30(44-35(34)45-23-15-22-31(38)40-5)25-42-46(36(2,3)4,28-18-11-7-12-19-28)29-20-13-8-14-21-29/h6-14,16-21,30,32-35,39H,15,22-25H2,1-5H3/t30-,32+,33+,34-,35+/m1/s1. The van der Waals surface area contributed by atoms with Gasteiger partial charge in [-0.05, 0) is 33.1 Å². The number of hydrogen-bond donors (Lipinski definition) is 1. The van der Waals surface area contributed by atoms with E-state index in [1.165, 1.54) is 25.8 Å². The first-order valence-corrected chi connectivity index (χ1v) is 18.6. The van der Waals surface area contributed by atoms with Crippen LogP contribution in [0.2, 0.25) is 5.04 Å². The number of aliphatic hydroxyl groups excluding tert-OH is 1. The van der Waals surface area contributed by atoms with Crippen molar-refractivity contribution in [1.82, 2.24) is 0 Å². The highest BCUT2D eigenvalue weighted by Crippen LogP contribution is 2.39. The summed E-state index contributed by atoms with van der Waals surface area (Å²) in [6.07, 6.45) is -2.91. The van der Waals surface area contributed by atoms with Crippen molar-refractivity contribution < 1.29 is 38.1 Å². The van der Waals surface area contributed by atoms with Crippen LogP contribution in [0.5, 0.6) is 0 Å². The second kappa shape index (κ2) is 16.7. The molecule has 10 heteroatoms. The Morgan fingerprint density at radius 2 is 1.46 bits per heavy atom. The lowest BCUT2D eigenvalue weighted by molar-refractivity contribution is -0.231. The summed E-state index contributed by atoms with van der Waals surface area (Å²) in [5, 5.41) is 13.8. The van der Waals surface area contributed by atoms with Crippen molar-refractivity contribution in [2.75, 3.05) is 19.5 Å². The van der Waals surface area contributed by atoms with Crippen LogP contribution < -0.4 is 10.4 Å². The number of methoxy groups -OCH3 is 1. The monoisotopic (exact) mass is 666 g/mol. The fraction of sp³-hybridized carbons (Fsp3) is 0.444. The Labute approximate surface area is 277 Å². The maximum atomic E-state index is 12.3. The van der Waals surface area contributed by atoms with Gasteiger partial charge in [-0.1, -0.05) is 112 Å². The Balaban J connectivity index is 1.66. The van der Waals surface area contributed by atoms with Crippen LogP contribution in [0.15, 0.2) is 91.0 Å². The minimum absolute atomic E-state index is 0.0889. The van der Waals surface area contributed by atoms with E-state index >= 15 is 0 Å². The molecule has 1 aliphatic rings. The van der Waals surface area contributed by atoms with E-state index in [1.807, 2.05) is 66.7 Å². The molecule has 0 saturated carbocycles. The third-order valence-corrected chi connectivity index (χ3v) is 14.4. The molecule has 0 amide bonds. The van der Waals surface area contributed by atoms with Crippen LogP contribution in [-0.2, 0) is 39.6 Å². The predicted molar refractivity (Wildman–Crippen MR) is 183 cm³/mol. The number of hydrogen-bond acceptors (Lipinski definition) is 9. The lowest BCUT2D eigenvalue weighted by Crippen LogP contribution is -2.68. The van der Waals surface area contributed by atoms with Crippen LogP contribution >= 0.6 is 11.8 Å². The number of carbonyl (C=O) groups is 2. The first-order valence-electron chi connectivity index (χ1n) is 15.7. The zero-order chi connectivity index (χ0) is 33.2. The van der Waals surface area contributed by atoms with Crippen molar-refractivity contribution in [1.29, 1.82) is 0 Å². The average molecular weight is 667 g/mol. The van der Waals surface area contributed by atoms with Gasteiger partial charge in [-0.25, -0.2) is 0 Å². The summed E-state index contributed by atoms with van der Waals surface area (Å²) >= 11 is 1.42. The molecule has 0 aromatic heterocycles. The molecule has 8 nitrogen and oxygen atoms in total. The number of rotatable bonds is 14. The molecule has 0 aliphatic carbocycles. The Morgan fingerprint density at radius 3 is 1.98 bits per heavy atom. The molecule has 0 unspecified atom stereocenters. The lowest BCUT2D eigenvalue weighted by Gasteiger charge is -2.47. The number of aliphatic hydroxyl groups is 1. The van der Waals surface area contributed by atoms with Crippen LogP contribution in [0.4, 0.5) is 0 Å². The van der Waals surface area contributed by atoms with Crippen molar-refractivity contribution in [3.63, 3.8) is 0 Å². The molecule has 3 aromatic rings. The van der Waals surface area contributed by atoms with Gasteiger partial charge in [-0.15, -0.1) is 11.8 Å². The van der Waals surface area contributed by atoms with E-state index in [9.17, 15) is 14.7 Å². The van der Waals surface area contributed by atoms with Crippen molar-refractivity contribution >= 4 is 42.4 Å². The van der Waals surface area contributed by atoms with Gasteiger partial charge in [-0.3, -0.25) is 9.59 Å². The fourth-order valence-corrected chi connectivity index (χ4v) is 11.7. The Kier molecular flexibility index (Phi) is 13.0. The summed E-state index contributed by atoms with van der Waals surface area (Å²) in [6, 6.07) is 30.2. The van der Waals surface area contributed by atoms with Gasteiger partial charge in [0.05, 0.1) is 20.3 Å². The first-order chi connectivity index (χ1) is 22.1. The Hall–Kier alpha value is -2.99. The lowest BCUT2D eigenvalue weighted by atomic mass is 9.99. The van der Waals surface area contributed by atoms with Crippen molar-refractivity contribution in [2.24, 2.45) is 0 Å². The second-order valence-corrected chi connectivity index (χ2v) is 17.9. The van der Waals surface area contributed by atoms with E-state index < -0.39 is 44.1 Å². The normalized spacial score (nSPS) is 21.8. The Bertz CT molecular complexity index is 1330. The molecule has 1 saturated heterocycles.